The average Bonchev–Trinajstić information content (AvgIpc) is 1.86. The van der Waals surface area contributed by atoms with E-state index in [0.29, 0.717) is 0 Å². The maximum absolute atomic E-state index is 2.41. The van der Waals surface area contributed by atoms with Gasteiger partial charge in [0.15, 0.2) is 0 Å². The standard InChI is InChI=1S/C10H16/c1-2-5-9(6-3-1)10-7-4-8-10/h4,7,9-10H,1-3,5-6,8H2. The van der Waals surface area contributed by atoms with Gasteiger partial charge in [0, 0.05) is 0 Å². The highest BCUT2D eigenvalue weighted by molar-refractivity contribution is 5.04. The van der Waals surface area contributed by atoms with E-state index in [1.54, 1.807) is 0 Å². The predicted molar refractivity (Wildman–Crippen MR) is 43.8 cm³/mol. The fourth-order valence-electron chi connectivity index (χ4n) is 2.21. The van der Waals surface area contributed by atoms with Crippen LogP contribution < -0.4 is 0 Å². The van der Waals surface area contributed by atoms with Gasteiger partial charge in [0.05, 0.1) is 0 Å². The van der Waals surface area contributed by atoms with Crippen LogP contribution in [0.3, 0.4) is 0 Å². The third kappa shape index (κ3) is 1.12. The van der Waals surface area contributed by atoms with Crippen LogP contribution in [0.25, 0.3) is 0 Å². The molecule has 0 heterocycles. The zero-order valence-corrected chi connectivity index (χ0v) is 6.55. The lowest BCUT2D eigenvalue weighted by Gasteiger charge is -2.31. The molecule has 10 heavy (non-hydrogen) atoms. The molecule has 0 radical (unpaired) electrons. The first kappa shape index (κ1) is 6.45. The van der Waals surface area contributed by atoms with Crippen LogP contribution >= 0.6 is 0 Å². The largest absolute Gasteiger partial charge is 0.0876 e. The van der Waals surface area contributed by atoms with Crippen molar-refractivity contribution in [3.63, 3.8) is 0 Å². The molecule has 1 saturated carbocycles. The summed E-state index contributed by atoms with van der Waals surface area (Å²) in [6.07, 6.45) is 13.6. The van der Waals surface area contributed by atoms with Crippen molar-refractivity contribution >= 4 is 0 Å². The first-order chi connectivity index (χ1) is 4.97. The van der Waals surface area contributed by atoms with E-state index in [0.717, 1.165) is 11.8 Å². The van der Waals surface area contributed by atoms with Crippen molar-refractivity contribution < 1.29 is 0 Å². The van der Waals surface area contributed by atoms with Crippen LogP contribution in [-0.4, -0.2) is 0 Å². The van der Waals surface area contributed by atoms with E-state index in [4.69, 9.17) is 0 Å². The molecule has 0 N–H and O–H groups in total. The van der Waals surface area contributed by atoms with Gasteiger partial charge in [0.2, 0.25) is 0 Å². The molecule has 0 spiro atoms. The molecule has 0 aliphatic heterocycles. The molecule has 1 fully saturated rings. The Morgan fingerprint density at radius 3 is 2.20 bits per heavy atom. The second kappa shape index (κ2) is 2.77. The monoisotopic (exact) mass is 136 g/mol. The first-order valence-electron chi connectivity index (χ1n) is 4.63. The van der Waals surface area contributed by atoms with Crippen LogP contribution in [0.1, 0.15) is 38.5 Å². The molecule has 1 unspecified atom stereocenters. The molecule has 0 bridgehead atoms. The zero-order valence-electron chi connectivity index (χ0n) is 6.55. The summed E-state index contributed by atoms with van der Waals surface area (Å²) in [5.41, 5.74) is 0. The molecule has 0 aromatic heterocycles. The highest BCUT2D eigenvalue weighted by atomic mass is 14.3. The van der Waals surface area contributed by atoms with Crippen LogP contribution in [-0.2, 0) is 0 Å². The Labute approximate surface area is 63.3 Å². The summed E-state index contributed by atoms with van der Waals surface area (Å²) in [7, 11) is 0. The molecular formula is C10H16. The summed E-state index contributed by atoms with van der Waals surface area (Å²) in [5.74, 6) is 2.05. The topological polar surface area (TPSA) is 0 Å². The molecular weight excluding hydrogens is 120 g/mol. The van der Waals surface area contributed by atoms with Gasteiger partial charge in [0.25, 0.3) is 0 Å². The second-order valence-corrected chi connectivity index (χ2v) is 3.73. The number of hydrogen-bond donors (Lipinski definition) is 0. The Morgan fingerprint density at radius 2 is 1.70 bits per heavy atom. The van der Waals surface area contributed by atoms with Crippen LogP contribution in [0.5, 0.6) is 0 Å². The van der Waals surface area contributed by atoms with Gasteiger partial charge in [-0.05, 0) is 31.1 Å². The summed E-state index contributed by atoms with van der Waals surface area (Å²) in [5, 5.41) is 0. The van der Waals surface area contributed by atoms with Crippen LogP contribution in [0.4, 0.5) is 0 Å². The van der Waals surface area contributed by atoms with Gasteiger partial charge in [-0.3, -0.25) is 0 Å². The molecule has 0 aromatic carbocycles. The normalized spacial score (nSPS) is 33.8. The lowest BCUT2D eigenvalue weighted by atomic mass is 9.75. The fourth-order valence-corrected chi connectivity index (χ4v) is 2.21. The quantitative estimate of drug-likeness (QED) is 0.486. The summed E-state index contributed by atoms with van der Waals surface area (Å²) in [6.45, 7) is 0. The molecule has 2 aliphatic rings. The fraction of sp³-hybridized carbons (Fsp3) is 0.800. The van der Waals surface area contributed by atoms with Gasteiger partial charge in [-0.2, -0.15) is 0 Å². The second-order valence-electron chi connectivity index (χ2n) is 3.73. The van der Waals surface area contributed by atoms with Crippen molar-refractivity contribution in [2.45, 2.75) is 38.5 Å². The molecule has 2 aliphatic carbocycles. The Kier molecular flexibility index (Phi) is 1.79. The summed E-state index contributed by atoms with van der Waals surface area (Å²) >= 11 is 0. The van der Waals surface area contributed by atoms with Gasteiger partial charge in [-0.1, -0.05) is 31.4 Å². The third-order valence-corrected chi connectivity index (χ3v) is 3.05. The Balaban J connectivity index is 1.85. The summed E-state index contributed by atoms with van der Waals surface area (Å²) in [4.78, 5) is 0. The number of rotatable bonds is 1. The van der Waals surface area contributed by atoms with E-state index in [1.165, 1.54) is 38.5 Å². The van der Waals surface area contributed by atoms with Crippen LogP contribution in [0, 0.1) is 11.8 Å². The van der Waals surface area contributed by atoms with Crippen molar-refractivity contribution in [3.8, 4) is 0 Å². The van der Waals surface area contributed by atoms with Gasteiger partial charge in [0.1, 0.15) is 0 Å². The van der Waals surface area contributed by atoms with Gasteiger partial charge in [-0.15, -0.1) is 0 Å². The lowest BCUT2D eigenvalue weighted by Crippen LogP contribution is -2.19. The van der Waals surface area contributed by atoms with Crippen molar-refractivity contribution in [2.24, 2.45) is 11.8 Å². The highest BCUT2D eigenvalue weighted by Gasteiger charge is 2.23. The third-order valence-electron chi connectivity index (χ3n) is 3.05. The van der Waals surface area contributed by atoms with Crippen molar-refractivity contribution in [3.05, 3.63) is 12.2 Å². The average molecular weight is 136 g/mol. The Morgan fingerprint density at radius 1 is 1.00 bits per heavy atom. The maximum atomic E-state index is 2.41. The Hall–Kier alpha value is -0.260. The van der Waals surface area contributed by atoms with Crippen molar-refractivity contribution in [2.75, 3.05) is 0 Å². The predicted octanol–water partition coefficient (Wildman–Crippen LogP) is 3.14. The van der Waals surface area contributed by atoms with Crippen molar-refractivity contribution in [1.82, 2.24) is 0 Å². The SMILES string of the molecule is C1=CC(C2CCCCC2)C1. The van der Waals surface area contributed by atoms with Gasteiger partial charge in [-0.25, -0.2) is 0 Å². The minimum Gasteiger partial charge on any atom is -0.0876 e. The van der Waals surface area contributed by atoms with Crippen molar-refractivity contribution in [1.29, 1.82) is 0 Å². The van der Waals surface area contributed by atoms with E-state index in [-0.39, 0.29) is 0 Å². The zero-order chi connectivity index (χ0) is 6.81. The molecule has 2 rings (SSSR count). The van der Waals surface area contributed by atoms with E-state index >= 15 is 0 Å². The van der Waals surface area contributed by atoms with Crippen LogP contribution in [0.15, 0.2) is 12.2 Å². The van der Waals surface area contributed by atoms with Gasteiger partial charge < -0.3 is 0 Å². The highest BCUT2D eigenvalue weighted by Crippen LogP contribution is 2.36. The molecule has 0 saturated heterocycles. The smallest absolute Gasteiger partial charge is 0.0171 e. The first-order valence-corrected chi connectivity index (χ1v) is 4.63. The maximum Gasteiger partial charge on any atom is -0.0171 e. The number of allylic oxidation sites excluding steroid dienone is 2. The number of hydrogen-bond acceptors (Lipinski definition) is 0. The van der Waals surface area contributed by atoms with E-state index in [9.17, 15) is 0 Å². The minimum atomic E-state index is 0.986. The molecule has 0 aromatic rings. The summed E-state index contributed by atoms with van der Waals surface area (Å²) < 4.78 is 0. The van der Waals surface area contributed by atoms with E-state index in [1.807, 2.05) is 0 Å². The lowest BCUT2D eigenvalue weighted by molar-refractivity contribution is 0.274. The molecule has 56 valence electrons. The minimum absolute atomic E-state index is 0.986. The van der Waals surface area contributed by atoms with Gasteiger partial charge >= 0.3 is 0 Å². The van der Waals surface area contributed by atoms with E-state index in [2.05, 4.69) is 12.2 Å². The molecule has 0 amide bonds. The molecule has 0 nitrogen and oxygen atoms in total. The summed E-state index contributed by atoms with van der Waals surface area (Å²) in [6, 6.07) is 0. The molecule has 0 heteroatoms. The Bertz CT molecular complexity index is 129. The molecule has 1 atom stereocenters. The van der Waals surface area contributed by atoms with Crippen LogP contribution in [0.2, 0.25) is 0 Å². The van der Waals surface area contributed by atoms with E-state index < -0.39 is 0 Å².